The molecule has 0 aliphatic carbocycles. The first kappa shape index (κ1) is 18.8. The van der Waals surface area contributed by atoms with Crippen LogP contribution in [0.15, 0.2) is 18.2 Å². The first-order valence-electron chi connectivity index (χ1n) is 7.73. The van der Waals surface area contributed by atoms with Crippen LogP contribution in [0, 0.1) is 19.8 Å². The minimum atomic E-state index is 0. The molecule has 0 spiro atoms. The number of hydrogen-bond donors (Lipinski definition) is 1. The van der Waals surface area contributed by atoms with E-state index in [0.29, 0.717) is 5.92 Å². The zero-order valence-electron chi connectivity index (χ0n) is 13.7. The number of piperidine rings is 1. The summed E-state index contributed by atoms with van der Waals surface area (Å²) in [4.78, 5) is 14.3. The molecule has 4 nitrogen and oxygen atoms in total. The summed E-state index contributed by atoms with van der Waals surface area (Å²) in [6, 6.07) is 6.03. The van der Waals surface area contributed by atoms with Crippen molar-refractivity contribution in [1.29, 1.82) is 0 Å². The molecule has 1 aliphatic rings. The van der Waals surface area contributed by atoms with Crippen molar-refractivity contribution in [2.75, 3.05) is 33.3 Å². The summed E-state index contributed by atoms with van der Waals surface area (Å²) in [5.41, 5.74) is 2.16. The van der Waals surface area contributed by atoms with E-state index in [9.17, 15) is 4.79 Å². The number of nitrogens with zero attached hydrogens (tertiary/aromatic N) is 1. The van der Waals surface area contributed by atoms with Gasteiger partial charge in [0.15, 0.2) is 6.61 Å². The molecule has 5 heteroatoms. The van der Waals surface area contributed by atoms with Gasteiger partial charge in [-0.1, -0.05) is 18.2 Å². The van der Waals surface area contributed by atoms with Crippen molar-refractivity contribution in [2.45, 2.75) is 26.7 Å². The molecule has 0 radical (unpaired) electrons. The second-order valence-corrected chi connectivity index (χ2v) is 5.92. The second kappa shape index (κ2) is 9.01. The molecule has 1 aromatic carbocycles. The van der Waals surface area contributed by atoms with Crippen LogP contribution in [0.3, 0.4) is 0 Å². The van der Waals surface area contributed by atoms with Crippen LogP contribution < -0.4 is 10.1 Å². The summed E-state index contributed by atoms with van der Waals surface area (Å²) in [7, 11) is 1.96. The van der Waals surface area contributed by atoms with Gasteiger partial charge in [0.05, 0.1) is 0 Å². The van der Waals surface area contributed by atoms with Crippen LogP contribution in [0.4, 0.5) is 0 Å². The third kappa shape index (κ3) is 4.89. The standard InChI is InChI=1S/C17H26N2O2.ClH/c1-13-6-4-7-14(2)17(13)21-12-16(20)19-9-5-8-15(11-19)10-18-3;/h4,6-7,15,18H,5,8-12H2,1-3H3;1H. The van der Waals surface area contributed by atoms with Gasteiger partial charge in [0, 0.05) is 13.1 Å². The van der Waals surface area contributed by atoms with Crippen LogP contribution in [-0.4, -0.2) is 44.1 Å². The fourth-order valence-corrected chi connectivity index (χ4v) is 3.00. The number of nitrogens with one attached hydrogen (secondary N) is 1. The molecule has 1 saturated heterocycles. The number of carbonyl (C=O) groups excluding carboxylic acids is 1. The fourth-order valence-electron chi connectivity index (χ4n) is 3.00. The summed E-state index contributed by atoms with van der Waals surface area (Å²) in [5, 5.41) is 3.20. The molecular formula is C17H27ClN2O2. The largest absolute Gasteiger partial charge is 0.483 e. The van der Waals surface area contributed by atoms with Gasteiger partial charge in [-0.25, -0.2) is 0 Å². The Morgan fingerprint density at radius 3 is 2.68 bits per heavy atom. The Labute approximate surface area is 139 Å². The Bertz CT molecular complexity index is 471. The van der Waals surface area contributed by atoms with E-state index in [1.54, 1.807) is 0 Å². The molecule has 1 atom stereocenters. The maximum absolute atomic E-state index is 12.3. The highest BCUT2D eigenvalue weighted by atomic mass is 35.5. The summed E-state index contributed by atoms with van der Waals surface area (Å²) in [5.74, 6) is 1.50. The highest BCUT2D eigenvalue weighted by Gasteiger charge is 2.23. The van der Waals surface area contributed by atoms with Crippen molar-refractivity contribution < 1.29 is 9.53 Å². The molecule has 1 unspecified atom stereocenters. The van der Waals surface area contributed by atoms with Crippen molar-refractivity contribution in [2.24, 2.45) is 5.92 Å². The number of hydrogen-bond acceptors (Lipinski definition) is 3. The van der Waals surface area contributed by atoms with E-state index in [4.69, 9.17) is 4.74 Å². The van der Waals surface area contributed by atoms with Gasteiger partial charge in [0.25, 0.3) is 5.91 Å². The smallest absolute Gasteiger partial charge is 0.260 e. The summed E-state index contributed by atoms with van der Waals surface area (Å²) < 4.78 is 5.77. The maximum Gasteiger partial charge on any atom is 0.260 e. The van der Waals surface area contributed by atoms with Crippen molar-refractivity contribution in [3.8, 4) is 5.75 Å². The van der Waals surface area contributed by atoms with Crippen LogP contribution in [0.2, 0.25) is 0 Å². The number of halogens is 1. The quantitative estimate of drug-likeness (QED) is 0.904. The molecule has 1 aliphatic heterocycles. The lowest BCUT2D eigenvalue weighted by molar-refractivity contribution is -0.135. The van der Waals surface area contributed by atoms with Crippen molar-refractivity contribution in [3.05, 3.63) is 29.3 Å². The Kier molecular flexibility index (Phi) is 7.69. The molecular weight excluding hydrogens is 300 g/mol. The lowest BCUT2D eigenvalue weighted by Gasteiger charge is -2.32. The number of ether oxygens (including phenoxy) is 1. The third-order valence-corrected chi connectivity index (χ3v) is 4.11. The minimum absolute atomic E-state index is 0. The minimum Gasteiger partial charge on any atom is -0.483 e. The number of likely N-dealkylation sites (tertiary alicyclic amines) is 1. The van der Waals surface area contributed by atoms with Crippen LogP contribution in [0.25, 0.3) is 0 Å². The van der Waals surface area contributed by atoms with E-state index >= 15 is 0 Å². The Balaban J connectivity index is 0.00000242. The fraction of sp³-hybridized carbons (Fsp3) is 0.588. The Morgan fingerprint density at radius 1 is 1.36 bits per heavy atom. The van der Waals surface area contributed by atoms with E-state index in [0.717, 1.165) is 42.9 Å². The van der Waals surface area contributed by atoms with Crippen molar-refractivity contribution >= 4 is 18.3 Å². The average Bonchev–Trinajstić information content (AvgIpc) is 2.47. The van der Waals surface area contributed by atoms with Gasteiger partial charge >= 0.3 is 0 Å². The SMILES string of the molecule is CNCC1CCCN(C(=O)COc2c(C)cccc2C)C1.Cl. The Hall–Kier alpha value is -1.26. The molecule has 1 N–H and O–H groups in total. The van der Waals surface area contributed by atoms with Gasteiger partial charge in [0.2, 0.25) is 0 Å². The van der Waals surface area contributed by atoms with Crippen molar-refractivity contribution in [3.63, 3.8) is 0 Å². The number of amides is 1. The molecule has 2 rings (SSSR count). The Morgan fingerprint density at radius 2 is 2.05 bits per heavy atom. The number of carbonyl (C=O) groups is 1. The molecule has 22 heavy (non-hydrogen) atoms. The van der Waals surface area contributed by atoms with E-state index in [1.807, 2.05) is 44.0 Å². The van der Waals surface area contributed by atoms with Gasteiger partial charge in [-0.2, -0.15) is 0 Å². The number of rotatable bonds is 5. The van der Waals surface area contributed by atoms with Gasteiger partial charge in [0.1, 0.15) is 5.75 Å². The molecule has 0 bridgehead atoms. The monoisotopic (exact) mass is 326 g/mol. The van der Waals surface area contributed by atoms with Gasteiger partial charge in [-0.15, -0.1) is 12.4 Å². The molecule has 1 fully saturated rings. The number of aryl methyl sites for hydroxylation is 2. The molecule has 0 saturated carbocycles. The van der Waals surface area contributed by atoms with Crippen LogP contribution in [-0.2, 0) is 4.79 Å². The van der Waals surface area contributed by atoms with E-state index in [1.165, 1.54) is 6.42 Å². The summed E-state index contributed by atoms with van der Waals surface area (Å²) >= 11 is 0. The van der Waals surface area contributed by atoms with Crippen LogP contribution >= 0.6 is 12.4 Å². The normalized spacial score (nSPS) is 17.8. The molecule has 1 amide bonds. The predicted octanol–water partition coefficient (Wildman–Crippen LogP) is 2.56. The second-order valence-electron chi connectivity index (χ2n) is 5.92. The summed E-state index contributed by atoms with van der Waals surface area (Å²) in [6.07, 6.45) is 2.28. The van der Waals surface area contributed by atoms with E-state index in [-0.39, 0.29) is 24.9 Å². The molecule has 0 aromatic heterocycles. The topological polar surface area (TPSA) is 41.6 Å². The van der Waals surface area contributed by atoms with Crippen molar-refractivity contribution in [1.82, 2.24) is 10.2 Å². The average molecular weight is 327 g/mol. The van der Waals surface area contributed by atoms with E-state index < -0.39 is 0 Å². The zero-order valence-corrected chi connectivity index (χ0v) is 14.5. The lowest BCUT2D eigenvalue weighted by atomic mass is 9.98. The van der Waals surface area contributed by atoms with E-state index in [2.05, 4.69) is 5.32 Å². The summed E-state index contributed by atoms with van der Waals surface area (Å²) in [6.45, 7) is 6.83. The highest BCUT2D eigenvalue weighted by Crippen LogP contribution is 2.22. The third-order valence-electron chi connectivity index (χ3n) is 4.11. The molecule has 124 valence electrons. The maximum atomic E-state index is 12.3. The van der Waals surface area contributed by atoms with Gasteiger partial charge in [-0.05, 0) is 57.3 Å². The predicted molar refractivity (Wildman–Crippen MR) is 91.9 cm³/mol. The highest BCUT2D eigenvalue weighted by molar-refractivity contribution is 5.85. The van der Waals surface area contributed by atoms with Gasteiger partial charge < -0.3 is 15.0 Å². The van der Waals surface area contributed by atoms with Crippen LogP contribution in [0.5, 0.6) is 5.75 Å². The molecule has 1 aromatic rings. The number of benzene rings is 1. The first-order chi connectivity index (χ1) is 10.1. The first-order valence-corrected chi connectivity index (χ1v) is 7.73. The van der Waals surface area contributed by atoms with Crippen LogP contribution in [0.1, 0.15) is 24.0 Å². The zero-order chi connectivity index (χ0) is 15.2. The number of para-hydroxylation sites is 1. The van der Waals surface area contributed by atoms with Gasteiger partial charge in [-0.3, -0.25) is 4.79 Å². The lowest BCUT2D eigenvalue weighted by Crippen LogP contribution is -2.44. The molecule has 1 heterocycles.